The SMILES string of the molecule is N[C@H]1CCCc2ccc(OCc3ccc(Cl)s3)cc21. The predicted molar refractivity (Wildman–Crippen MR) is 80.0 cm³/mol. The first-order valence-electron chi connectivity index (χ1n) is 6.48. The van der Waals surface area contributed by atoms with Gasteiger partial charge < -0.3 is 10.5 Å². The molecule has 1 aromatic heterocycles. The highest BCUT2D eigenvalue weighted by Crippen LogP contribution is 2.31. The van der Waals surface area contributed by atoms with Crippen LogP contribution in [-0.4, -0.2) is 0 Å². The second-order valence-corrected chi connectivity index (χ2v) is 6.65. The van der Waals surface area contributed by atoms with Gasteiger partial charge in [0, 0.05) is 10.9 Å². The van der Waals surface area contributed by atoms with E-state index in [9.17, 15) is 0 Å². The van der Waals surface area contributed by atoms with E-state index in [4.69, 9.17) is 22.1 Å². The number of hydrogen-bond donors (Lipinski definition) is 1. The lowest BCUT2D eigenvalue weighted by atomic mass is 9.88. The van der Waals surface area contributed by atoms with Crippen LogP contribution < -0.4 is 10.5 Å². The number of rotatable bonds is 3. The topological polar surface area (TPSA) is 35.2 Å². The Hall–Kier alpha value is -1.03. The fourth-order valence-corrected chi connectivity index (χ4v) is 3.49. The lowest BCUT2D eigenvalue weighted by Gasteiger charge is -2.22. The molecule has 0 saturated heterocycles. The summed E-state index contributed by atoms with van der Waals surface area (Å²) in [5.41, 5.74) is 8.76. The van der Waals surface area contributed by atoms with Crippen LogP contribution >= 0.6 is 22.9 Å². The zero-order valence-electron chi connectivity index (χ0n) is 10.6. The van der Waals surface area contributed by atoms with E-state index in [0.29, 0.717) is 6.61 Å². The average molecular weight is 294 g/mol. The summed E-state index contributed by atoms with van der Waals surface area (Å²) in [5.74, 6) is 0.889. The highest BCUT2D eigenvalue weighted by molar-refractivity contribution is 7.16. The standard InChI is InChI=1S/C15H16ClNOS/c16-15-7-6-12(19-15)9-18-11-5-4-10-2-1-3-14(17)13(10)8-11/h4-8,14H,1-3,9,17H2/t14-/m0/s1. The van der Waals surface area contributed by atoms with Gasteiger partial charge >= 0.3 is 0 Å². The van der Waals surface area contributed by atoms with Crippen molar-refractivity contribution in [2.75, 3.05) is 0 Å². The van der Waals surface area contributed by atoms with Crippen molar-refractivity contribution in [2.45, 2.75) is 31.9 Å². The van der Waals surface area contributed by atoms with E-state index in [-0.39, 0.29) is 6.04 Å². The van der Waals surface area contributed by atoms with Crippen LogP contribution in [0.5, 0.6) is 5.75 Å². The van der Waals surface area contributed by atoms with Crippen LogP contribution in [0.15, 0.2) is 30.3 Å². The normalized spacial score (nSPS) is 18.1. The molecule has 2 N–H and O–H groups in total. The molecule has 0 unspecified atom stereocenters. The number of thiophene rings is 1. The minimum absolute atomic E-state index is 0.156. The third-order valence-corrected chi connectivity index (χ3v) is 4.69. The minimum Gasteiger partial charge on any atom is -0.488 e. The summed E-state index contributed by atoms with van der Waals surface area (Å²) >= 11 is 7.45. The van der Waals surface area contributed by atoms with Crippen LogP contribution in [0.1, 0.15) is 34.9 Å². The van der Waals surface area contributed by atoms with Gasteiger partial charge in [-0.05, 0) is 54.7 Å². The molecule has 1 aliphatic rings. The quantitative estimate of drug-likeness (QED) is 0.915. The van der Waals surface area contributed by atoms with Crippen LogP contribution in [0.4, 0.5) is 0 Å². The molecular formula is C15H16ClNOS. The van der Waals surface area contributed by atoms with Crippen LogP contribution in [0, 0.1) is 0 Å². The van der Waals surface area contributed by atoms with E-state index in [1.807, 2.05) is 18.2 Å². The molecule has 0 fully saturated rings. The van der Waals surface area contributed by atoms with Gasteiger partial charge in [0.05, 0.1) is 4.34 Å². The Balaban J connectivity index is 1.73. The molecule has 0 radical (unpaired) electrons. The molecule has 2 aromatic rings. The first kappa shape index (κ1) is 13.0. The molecule has 0 bridgehead atoms. The fourth-order valence-electron chi connectivity index (χ4n) is 2.49. The molecule has 0 saturated carbocycles. The maximum Gasteiger partial charge on any atom is 0.122 e. The smallest absolute Gasteiger partial charge is 0.122 e. The monoisotopic (exact) mass is 293 g/mol. The first-order chi connectivity index (χ1) is 9.22. The van der Waals surface area contributed by atoms with Gasteiger partial charge in [0.25, 0.3) is 0 Å². The van der Waals surface area contributed by atoms with Crippen molar-refractivity contribution in [3.63, 3.8) is 0 Å². The predicted octanol–water partition coefficient (Wildman–Crippen LogP) is 4.32. The highest BCUT2D eigenvalue weighted by atomic mass is 35.5. The molecule has 4 heteroatoms. The fraction of sp³-hybridized carbons (Fsp3) is 0.333. The van der Waals surface area contributed by atoms with Crippen molar-refractivity contribution in [3.8, 4) is 5.75 Å². The van der Waals surface area contributed by atoms with E-state index in [1.165, 1.54) is 17.5 Å². The Bertz CT molecular complexity index is 581. The van der Waals surface area contributed by atoms with Gasteiger partial charge in [-0.1, -0.05) is 17.7 Å². The number of benzene rings is 1. The second-order valence-electron chi connectivity index (χ2n) is 4.85. The summed E-state index contributed by atoms with van der Waals surface area (Å²) in [4.78, 5) is 1.13. The van der Waals surface area contributed by atoms with Crippen LogP contribution in [0.2, 0.25) is 4.34 Å². The van der Waals surface area contributed by atoms with Crippen molar-refractivity contribution in [1.29, 1.82) is 0 Å². The third kappa shape index (κ3) is 2.94. The Morgan fingerprint density at radius 3 is 3.00 bits per heavy atom. The molecule has 1 atom stereocenters. The van der Waals surface area contributed by atoms with Gasteiger partial charge in [-0.3, -0.25) is 0 Å². The molecule has 0 spiro atoms. The molecule has 1 aromatic carbocycles. The second kappa shape index (κ2) is 5.53. The molecule has 3 rings (SSSR count). The molecule has 1 heterocycles. The number of hydrogen-bond acceptors (Lipinski definition) is 3. The molecule has 100 valence electrons. The summed E-state index contributed by atoms with van der Waals surface area (Å²) in [7, 11) is 0. The lowest BCUT2D eigenvalue weighted by molar-refractivity contribution is 0.309. The zero-order valence-corrected chi connectivity index (χ0v) is 12.1. The van der Waals surface area contributed by atoms with E-state index in [2.05, 4.69) is 12.1 Å². The van der Waals surface area contributed by atoms with E-state index >= 15 is 0 Å². The maximum atomic E-state index is 6.15. The summed E-state index contributed by atoms with van der Waals surface area (Å²) in [5, 5.41) is 0. The van der Waals surface area contributed by atoms with Gasteiger partial charge in [0.2, 0.25) is 0 Å². The summed E-state index contributed by atoms with van der Waals surface area (Å²) in [6.45, 7) is 0.561. The Morgan fingerprint density at radius 2 is 2.21 bits per heavy atom. The number of aryl methyl sites for hydroxylation is 1. The number of nitrogens with two attached hydrogens (primary N) is 1. The van der Waals surface area contributed by atoms with E-state index < -0.39 is 0 Å². The van der Waals surface area contributed by atoms with Gasteiger partial charge in [-0.25, -0.2) is 0 Å². The van der Waals surface area contributed by atoms with Crippen LogP contribution in [-0.2, 0) is 13.0 Å². The molecule has 2 nitrogen and oxygen atoms in total. The molecule has 0 amide bonds. The molecule has 1 aliphatic carbocycles. The van der Waals surface area contributed by atoms with Crippen molar-refractivity contribution in [3.05, 3.63) is 50.7 Å². The Kier molecular flexibility index (Phi) is 3.78. The lowest BCUT2D eigenvalue weighted by Crippen LogP contribution is -2.17. The van der Waals surface area contributed by atoms with Crippen LogP contribution in [0.3, 0.4) is 0 Å². The zero-order chi connectivity index (χ0) is 13.2. The Labute approximate surface area is 122 Å². The number of fused-ring (bicyclic) bond motifs is 1. The van der Waals surface area contributed by atoms with Crippen molar-refractivity contribution >= 4 is 22.9 Å². The van der Waals surface area contributed by atoms with Gasteiger partial charge in [-0.2, -0.15) is 0 Å². The van der Waals surface area contributed by atoms with Gasteiger partial charge in [0.15, 0.2) is 0 Å². The van der Waals surface area contributed by atoms with E-state index in [1.54, 1.807) is 11.3 Å². The van der Waals surface area contributed by atoms with Crippen molar-refractivity contribution in [2.24, 2.45) is 5.73 Å². The van der Waals surface area contributed by atoms with Crippen molar-refractivity contribution in [1.82, 2.24) is 0 Å². The minimum atomic E-state index is 0.156. The highest BCUT2D eigenvalue weighted by Gasteiger charge is 2.17. The average Bonchev–Trinajstić information content (AvgIpc) is 2.83. The van der Waals surface area contributed by atoms with Gasteiger partial charge in [0.1, 0.15) is 12.4 Å². The third-order valence-electron chi connectivity index (χ3n) is 3.49. The van der Waals surface area contributed by atoms with Gasteiger partial charge in [-0.15, -0.1) is 11.3 Å². The summed E-state index contributed by atoms with van der Waals surface area (Å²) in [6.07, 6.45) is 3.38. The number of halogens is 1. The maximum absolute atomic E-state index is 6.15. The van der Waals surface area contributed by atoms with E-state index in [0.717, 1.165) is 27.8 Å². The number of ether oxygens (including phenoxy) is 1. The molecular weight excluding hydrogens is 278 g/mol. The van der Waals surface area contributed by atoms with Crippen molar-refractivity contribution < 1.29 is 4.74 Å². The summed E-state index contributed by atoms with van der Waals surface area (Å²) in [6, 6.07) is 10.3. The van der Waals surface area contributed by atoms with Crippen LogP contribution in [0.25, 0.3) is 0 Å². The Morgan fingerprint density at radius 1 is 1.32 bits per heavy atom. The molecule has 19 heavy (non-hydrogen) atoms. The largest absolute Gasteiger partial charge is 0.488 e. The summed E-state index contributed by atoms with van der Waals surface area (Å²) < 4.78 is 6.61. The first-order valence-corrected chi connectivity index (χ1v) is 7.67. The molecule has 0 aliphatic heterocycles.